The van der Waals surface area contributed by atoms with Crippen LogP contribution in [0.3, 0.4) is 0 Å². The highest BCUT2D eigenvalue weighted by molar-refractivity contribution is 5.94. The number of nitrogens with zero attached hydrogens (tertiary/aromatic N) is 1. The van der Waals surface area contributed by atoms with E-state index in [0.29, 0.717) is 18.8 Å². The molecule has 1 aliphatic heterocycles. The molecule has 0 bridgehead atoms. The fraction of sp³-hybridized carbons (Fsp3) is 0.538. The lowest BCUT2D eigenvalue weighted by Crippen LogP contribution is -2.35. The summed E-state index contributed by atoms with van der Waals surface area (Å²) < 4.78 is 6.47. The van der Waals surface area contributed by atoms with Crippen LogP contribution in [0.4, 0.5) is 5.69 Å². The Morgan fingerprint density at radius 2 is 2.42 bits per heavy atom. The number of aromatic nitrogens is 1. The Morgan fingerprint density at radius 3 is 3.11 bits per heavy atom. The lowest BCUT2D eigenvalue weighted by Gasteiger charge is -2.12. The van der Waals surface area contributed by atoms with E-state index >= 15 is 0 Å². The molecule has 6 nitrogen and oxygen atoms in total. The minimum Gasteiger partial charge on any atom is -0.383 e. The molecule has 1 atom stereocenters. The molecule has 2 rings (SSSR count). The average Bonchev–Trinajstić information content (AvgIpc) is 2.93. The van der Waals surface area contributed by atoms with Crippen molar-refractivity contribution in [2.45, 2.75) is 25.4 Å². The highest BCUT2D eigenvalue weighted by Gasteiger charge is 2.21. The standard InChI is InChI=1S/C13H19N3O3/c1-19-8-7-16-9-10(4-5-12(16)17)15-13(18)11-3-2-6-14-11/h4-5,9,11,14H,2-3,6-8H2,1H3,(H,15,18). The molecule has 104 valence electrons. The lowest BCUT2D eigenvalue weighted by atomic mass is 10.2. The molecule has 0 aliphatic carbocycles. The second-order valence-electron chi connectivity index (χ2n) is 4.58. The molecule has 1 unspecified atom stereocenters. The molecule has 0 spiro atoms. The molecule has 1 fully saturated rings. The number of hydrogen-bond donors (Lipinski definition) is 2. The lowest BCUT2D eigenvalue weighted by molar-refractivity contribution is -0.117. The summed E-state index contributed by atoms with van der Waals surface area (Å²) in [5.41, 5.74) is 0.531. The van der Waals surface area contributed by atoms with Crippen molar-refractivity contribution in [3.8, 4) is 0 Å². The SMILES string of the molecule is COCCn1cc(NC(=O)C2CCCN2)ccc1=O. The van der Waals surface area contributed by atoms with Gasteiger partial charge >= 0.3 is 0 Å². The van der Waals surface area contributed by atoms with Crippen molar-refractivity contribution in [2.24, 2.45) is 0 Å². The van der Waals surface area contributed by atoms with Crippen LogP contribution in [0.15, 0.2) is 23.1 Å². The number of carbonyl (C=O) groups is 1. The van der Waals surface area contributed by atoms with E-state index in [1.807, 2.05) is 0 Å². The summed E-state index contributed by atoms with van der Waals surface area (Å²) in [6.45, 7) is 1.81. The molecule has 1 aliphatic rings. The van der Waals surface area contributed by atoms with Gasteiger partial charge in [0.05, 0.1) is 18.3 Å². The third kappa shape index (κ3) is 3.65. The number of amides is 1. The summed E-state index contributed by atoms with van der Waals surface area (Å²) in [6.07, 6.45) is 3.52. The number of ether oxygens (including phenoxy) is 1. The molecule has 1 aromatic rings. The monoisotopic (exact) mass is 265 g/mol. The van der Waals surface area contributed by atoms with Crippen molar-refractivity contribution in [1.29, 1.82) is 0 Å². The van der Waals surface area contributed by atoms with E-state index in [2.05, 4.69) is 10.6 Å². The summed E-state index contributed by atoms with van der Waals surface area (Å²) in [6, 6.07) is 2.95. The Hall–Kier alpha value is -1.66. The van der Waals surface area contributed by atoms with Crippen LogP contribution in [0.2, 0.25) is 0 Å². The number of hydrogen-bond acceptors (Lipinski definition) is 4. The van der Waals surface area contributed by atoms with Crippen LogP contribution in [0.1, 0.15) is 12.8 Å². The van der Waals surface area contributed by atoms with Gasteiger partial charge in [0.2, 0.25) is 5.91 Å². The van der Waals surface area contributed by atoms with Crippen LogP contribution in [-0.4, -0.2) is 36.8 Å². The van der Waals surface area contributed by atoms with E-state index in [4.69, 9.17) is 4.74 Å². The van der Waals surface area contributed by atoms with Gasteiger partial charge in [-0.3, -0.25) is 9.59 Å². The molecule has 2 heterocycles. The van der Waals surface area contributed by atoms with Crippen molar-refractivity contribution in [3.05, 3.63) is 28.7 Å². The Morgan fingerprint density at radius 1 is 1.58 bits per heavy atom. The molecule has 6 heteroatoms. The molecule has 1 amide bonds. The summed E-state index contributed by atoms with van der Waals surface area (Å²) in [7, 11) is 1.59. The van der Waals surface area contributed by atoms with Crippen LogP contribution < -0.4 is 16.2 Å². The number of methoxy groups -OCH3 is 1. The minimum atomic E-state index is -0.126. The molecule has 1 saturated heterocycles. The van der Waals surface area contributed by atoms with Gasteiger partial charge < -0.3 is 19.9 Å². The van der Waals surface area contributed by atoms with Crippen LogP contribution in [-0.2, 0) is 16.1 Å². The first-order chi connectivity index (χ1) is 9.20. The smallest absolute Gasteiger partial charge is 0.250 e. The van der Waals surface area contributed by atoms with Gasteiger partial charge in [-0.05, 0) is 25.5 Å². The van der Waals surface area contributed by atoms with Gasteiger partial charge in [0, 0.05) is 25.9 Å². The Bertz CT molecular complexity index is 492. The predicted molar refractivity (Wildman–Crippen MR) is 72.2 cm³/mol. The van der Waals surface area contributed by atoms with Crippen molar-refractivity contribution in [3.63, 3.8) is 0 Å². The molecular formula is C13H19N3O3. The van der Waals surface area contributed by atoms with Gasteiger partial charge in [0.1, 0.15) is 0 Å². The van der Waals surface area contributed by atoms with Crippen LogP contribution in [0.25, 0.3) is 0 Å². The predicted octanol–water partition coefficient (Wildman–Crippen LogP) is 0.185. The first kappa shape index (κ1) is 13.8. The minimum absolute atomic E-state index is 0.0468. The molecule has 1 aromatic heterocycles. The van der Waals surface area contributed by atoms with Crippen molar-refractivity contribution in [2.75, 3.05) is 25.6 Å². The fourth-order valence-electron chi connectivity index (χ4n) is 2.11. The summed E-state index contributed by atoms with van der Waals surface area (Å²) in [5.74, 6) is -0.0468. The van der Waals surface area contributed by atoms with Crippen molar-refractivity contribution >= 4 is 11.6 Å². The number of carbonyl (C=O) groups excluding carboxylic acids is 1. The Kier molecular flexibility index (Phi) is 4.70. The molecule has 0 radical (unpaired) electrons. The topological polar surface area (TPSA) is 72.4 Å². The number of anilines is 1. The number of nitrogens with one attached hydrogen (secondary N) is 2. The fourth-order valence-corrected chi connectivity index (χ4v) is 2.11. The van der Waals surface area contributed by atoms with E-state index in [1.54, 1.807) is 19.4 Å². The normalized spacial score (nSPS) is 18.5. The van der Waals surface area contributed by atoms with E-state index < -0.39 is 0 Å². The molecule has 19 heavy (non-hydrogen) atoms. The van der Waals surface area contributed by atoms with Crippen LogP contribution in [0.5, 0.6) is 0 Å². The third-order valence-corrected chi connectivity index (χ3v) is 3.16. The summed E-state index contributed by atoms with van der Waals surface area (Å²) in [5, 5.41) is 5.96. The number of pyridine rings is 1. The second-order valence-corrected chi connectivity index (χ2v) is 4.58. The van der Waals surface area contributed by atoms with E-state index in [-0.39, 0.29) is 17.5 Å². The maximum atomic E-state index is 11.9. The van der Waals surface area contributed by atoms with E-state index in [0.717, 1.165) is 19.4 Å². The van der Waals surface area contributed by atoms with Crippen molar-refractivity contribution < 1.29 is 9.53 Å². The average molecular weight is 265 g/mol. The largest absolute Gasteiger partial charge is 0.383 e. The number of rotatable bonds is 5. The van der Waals surface area contributed by atoms with Crippen LogP contribution >= 0.6 is 0 Å². The molecular weight excluding hydrogens is 246 g/mol. The van der Waals surface area contributed by atoms with Crippen molar-refractivity contribution in [1.82, 2.24) is 9.88 Å². The van der Waals surface area contributed by atoms with E-state index in [1.165, 1.54) is 10.6 Å². The van der Waals surface area contributed by atoms with E-state index in [9.17, 15) is 9.59 Å². The van der Waals surface area contributed by atoms with Crippen LogP contribution in [0, 0.1) is 0 Å². The van der Waals surface area contributed by atoms with Gasteiger partial charge in [-0.25, -0.2) is 0 Å². The first-order valence-electron chi connectivity index (χ1n) is 6.44. The van der Waals surface area contributed by atoms with Gasteiger partial charge in [0.25, 0.3) is 5.56 Å². The maximum absolute atomic E-state index is 11.9. The zero-order valence-electron chi connectivity index (χ0n) is 11.0. The highest BCUT2D eigenvalue weighted by Crippen LogP contribution is 2.09. The summed E-state index contributed by atoms with van der Waals surface area (Å²) in [4.78, 5) is 23.5. The zero-order chi connectivity index (χ0) is 13.7. The molecule has 0 saturated carbocycles. The third-order valence-electron chi connectivity index (χ3n) is 3.16. The Balaban J connectivity index is 2.03. The second kappa shape index (κ2) is 6.49. The van der Waals surface area contributed by atoms with Gasteiger partial charge in [-0.2, -0.15) is 0 Å². The molecule has 2 N–H and O–H groups in total. The van der Waals surface area contributed by atoms with Gasteiger partial charge in [-0.15, -0.1) is 0 Å². The molecule has 0 aromatic carbocycles. The Labute approximate surface area is 111 Å². The quantitative estimate of drug-likeness (QED) is 0.797. The van der Waals surface area contributed by atoms with Gasteiger partial charge in [0.15, 0.2) is 0 Å². The zero-order valence-corrected chi connectivity index (χ0v) is 11.0. The first-order valence-corrected chi connectivity index (χ1v) is 6.44. The van der Waals surface area contributed by atoms with Gasteiger partial charge in [-0.1, -0.05) is 0 Å². The summed E-state index contributed by atoms with van der Waals surface area (Å²) >= 11 is 0. The maximum Gasteiger partial charge on any atom is 0.250 e. The highest BCUT2D eigenvalue weighted by atomic mass is 16.5.